The van der Waals surface area contributed by atoms with Crippen LogP contribution in [0.25, 0.3) is 21.8 Å². The molecule has 10 heteroatoms. The number of fused-ring (bicyclic) bond motifs is 2. The van der Waals surface area contributed by atoms with Gasteiger partial charge in [0, 0.05) is 23.0 Å². The second-order valence-corrected chi connectivity index (χ2v) is 10.6. The van der Waals surface area contributed by atoms with Crippen LogP contribution in [0.5, 0.6) is 5.75 Å². The highest BCUT2D eigenvalue weighted by atomic mass is 32.2. The molecule has 0 fully saturated rings. The summed E-state index contributed by atoms with van der Waals surface area (Å²) in [6, 6.07) is 7.11. The van der Waals surface area contributed by atoms with Gasteiger partial charge in [-0.1, -0.05) is 0 Å². The van der Waals surface area contributed by atoms with Crippen LogP contribution in [0, 0.1) is 11.6 Å². The zero-order valence-corrected chi connectivity index (χ0v) is 18.1. The number of hydrogen-bond acceptors (Lipinski definition) is 6. The van der Waals surface area contributed by atoms with Crippen LogP contribution in [0.2, 0.25) is 0 Å². The third-order valence-corrected chi connectivity index (χ3v) is 7.52. The van der Waals surface area contributed by atoms with Crippen LogP contribution in [-0.4, -0.2) is 35.5 Å². The van der Waals surface area contributed by atoms with Gasteiger partial charge in [-0.3, -0.25) is 10.1 Å². The molecule has 2 aromatic carbocycles. The van der Waals surface area contributed by atoms with Gasteiger partial charge in [0.25, 0.3) is 0 Å². The summed E-state index contributed by atoms with van der Waals surface area (Å²) >= 11 is 0. The summed E-state index contributed by atoms with van der Waals surface area (Å²) in [6.45, 7) is 4.83. The monoisotopic (exact) mass is 446 g/mol. The SMILES string of the molecule is COc1cc2nccc(Nc3n[nH]c4c(F)c(F)ccc34)c2cc1S(=O)(=O)C(C)(C)C. The van der Waals surface area contributed by atoms with E-state index in [1.165, 1.54) is 25.4 Å². The number of aromatic nitrogens is 3. The minimum Gasteiger partial charge on any atom is -0.495 e. The van der Waals surface area contributed by atoms with Crippen molar-refractivity contribution in [3.8, 4) is 5.75 Å². The number of hydrogen-bond donors (Lipinski definition) is 2. The van der Waals surface area contributed by atoms with Crippen LogP contribution >= 0.6 is 0 Å². The van der Waals surface area contributed by atoms with Crippen LogP contribution in [0.1, 0.15) is 20.8 Å². The van der Waals surface area contributed by atoms with Crippen LogP contribution in [0.4, 0.5) is 20.3 Å². The van der Waals surface area contributed by atoms with Gasteiger partial charge in [-0.05, 0) is 45.0 Å². The van der Waals surface area contributed by atoms with Crippen molar-refractivity contribution < 1.29 is 21.9 Å². The van der Waals surface area contributed by atoms with Crippen LogP contribution in [-0.2, 0) is 9.84 Å². The molecule has 7 nitrogen and oxygen atoms in total. The molecule has 0 unspecified atom stereocenters. The van der Waals surface area contributed by atoms with Gasteiger partial charge in [-0.2, -0.15) is 5.10 Å². The van der Waals surface area contributed by atoms with Crippen molar-refractivity contribution in [2.45, 2.75) is 30.4 Å². The van der Waals surface area contributed by atoms with Gasteiger partial charge >= 0.3 is 0 Å². The predicted molar refractivity (Wildman–Crippen MR) is 115 cm³/mol. The van der Waals surface area contributed by atoms with Gasteiger partial charge in [0.15, 0.2) is 27.3 Å². The highest BCUT2D eigenvalue weighted by Gasteiger charge is 2.34. The predicted octanol–water partition coefficient (Wildman–Crippen LogP) is 4.71. The quantitative estimate of drug-likeness (QED) is 0.471. The molecule has 0 aliphatic heterocycles. The number of sulfone groups is 1. The van der Waals surface area contributed by atoms with E-state index in [1.807, 2.05) is 0 Å². The van der Waals surface area contributed by atoms with E-state index in [4.69, 9.17) is 4.74 Å². The zero-order chi connectivity index (χ0) is 22.6. The Morgan fingerprint density at radius 2 is 1.84 bits per heavy atom. The number of nitrogens with zero attached hydrogens (tertiary/aromatic N) is 2. The summed E-state index contributed by atoms with van der Waals surface area (Å²) < 4.78 is 58.1. The highest BCUT2D eigenvalue weighted by Crippen LogP contribution is 2.38. The first kappa shape index (κ1) is 21.0. The molecule has 2 aromatic heterocycles. The lowest BCUT2D eigenvalue weighted by Gasteiger charge is -2.21. The maximum atomic E-state index is 14.0. The number of pyridine rings is 1. The normalized spacial score (nSPS) is 12.5. The Kier molecular flexibility index (Phi) is 4.84. The molecule has 0 radical (unpaired) electrons. The number of H-pyrrole nitrogens is 1. The zero-order valence-electron chi connectivity index (χ0n) is 17.2. The van der Waals surface area contributed by atoms with Crippen molar-refractivity contribution >= 4 is 43.1 Å². The lowest BCUT2D eigenvalue weighted by molar-refractivity contribution is 0.402. The molecule has 2 heterocycles. The summed E-state index contributed by atoms with van der Waals surface area (Å²) in [5, 5.41) is 10.4. The molecule has 0 saturated carbocycles. The van der Waals surface area contributed by atoms with E-state index in [-0.39, 0.29) is 22.0 Å². The Bertz CT molecular complexity index is 1430. The molecule has 0 spiro atoms. The molecule has 31 heavy (non-hydrogen) atoms. The van der Waals surface area contributed by atoms with Gasteiger partial charge in [-0.15, -0.1) is 0 Å². The van der Waals surface area contributed by atoms with Crippen molar-refractivity contribution in [3.05, 3.63) is 48.2 Å². The summed E-state index contributed by atoms with van der Waals surface area (Å²) in [7, 11) is -2.33. The number of aromatic amines is 1. The molecule has 0 atom stereocenters. The number of ether oxygens (including phenoxy) is 1. The van der Waals surface area contributed by atoms with Gasteiger partial charge < -0.3 is 10.1 Å². The first-order valence-electron chi connectivity index (χ1n) is 9.35. The molecule has 0 saturated heterocycles. The summed E-state index contributed by atoms with van der Waals surface area (Å²) in [4.78, 5) is 4.33. The van der Waals surface area contributed by atoms with Crippen LogP contribution < -0.4 is 10.1 Å². The van der Waals surface area contributed by atoms with Gasteiger partial charge in [-0.25, -0.2) is 17.2 Å². The Morgan fingerprint density at radius 1 is 1.10 bits per heavy atom. The summed E-state index contributed by atoms with van der Waals surface area (Å²) in [5.74, 6) is -1.56. The highest BCUT2D eigenvalue weighted by molar-refractivity contribution is 7.92. The Balaban J connectivity index is 1.90. The molecule has 2 N–H and O–H groups in total. The number of anilines is 2. The molecule has 0 amide bonds. The van der Waals surface area contributed by atoms with Crippen LogP contribution in [0.15, 0.2) is 41.4 Å². The van der Waals surface area contributed by atoms with Gasteiger partial charge in [0.2, 0.25) is 0 Å². The second-order valence-electron chi connectivity index (χ2n) is 7.98. The number of rotatable bonds is 4. The van der Waals surface area contributed by atoms with Crippen molar-refractivity contribution in [3.63, 3.8) is 0 Å². The third kappa shape index (κ3) is 3.36. The maximum absolute atomic E-state index is 14.0. The summed E-state index contributed by atoms with van der Waals surface area (Å²) in [6.07, 6.45) is 1.54. The van der Waals surface area contributed by atoms with Gasteiger partial charge in [0.1, 0.15) is 16.2 Å². The van der Waals surface area contributed by atoms with Crippen LogP contribution in [0.3, 0.4) is 0 Å². The lowest BCUT2D eigenvalue weighted by Crippen LogP contribution is -2.28. The minimum absolute atomic E-state index is 0.0334. The maximum Gasteiger partial charge on any atom is 0.186 e. The van der Waals surface area contributed by atoms with Crippen molar-refractivity contribution in [1.29, 1.82) is 0 Å². The molecule has 4 rings (SSSR count). The second kappa shape index (κ2) is 7.16. The molecule has 0 aliphatic carbocycles. The molecule has 4 aromatic rings. The first-order chi connectivity index (χ1) is 14.5. The Morgan fingerprint density at radius 3 is 2.52 bits per heavy atom. The van der Waals surface area contributed by atoms with E-state index in [2.05, 4.69) is 20.5 Å². The van der Waals surface area contributed by atoms with E-state index in [0.29, 0.717) is 22.0 Å². The molecular weight excluding hydrogens is 426 g/mol. The number of methoxy groups -OCH3 is 1. The topological polar surface area (TPSA) is 97.0 Å². The standard InChI is InChI=1S/C21H20F2N4O3S/c1-21(2,3)31(28,29)17-9-12-14(7-8-24-15(12)10-16(17)30-4)25-20-11-5-6-13(22)18(23)19(11)26-27-20/h5-10H,1-4H3,(H2,24,25,26,27). The van der Waals surface area contributed by atoms with E-state index in [1.54, 1.807) is 32.9 Å². The third-order valence-electron chi connectivity index (χ3n) is 5.01. The number of nitrogens with one attached hydrogen (secondary N) is 2. The lowest BCUT2D eigenvalue weighted by atomic mass is 10.1. The molecule has 162 valence electrons. The first-order valence-corrected chi connectivity index (χ1v) is 10.8. The van der Waals surface area contributed by atoms with Crippen molar-refractivity contribution in [1.82, 2.24) is 15.2 Å². The van der Waals surface area contributed by atoms with E-state index in [9.17, 15) is 17.2 Å². The Labute approximate surface area is 177 Å². The Hall–Kier alpha value is -3.27. The van der Waals surface area contributed by atoms with Gasteiger partial charge in [0.05, 0.1) is 23.1 Å². The van der Waals surface area contributed by atoms with E-state index in [0.717, 1.165) is 6.07 Å². The number of benzene rings is 2. The number of halogens is 2. The fourth-order valence-corrected chi connectivity index (χ4v) is 4.55. The van der Waals surface area contributed by atoms with Crippen molar-refractivity contribution in [2.75, 3.05) is 12.4 Å². The molecule has 0 aliphatic rings. The van der Waals surface area contributed by atoms with E-state index >= 15 is 0 Å². The molecular formula is C21H20F2N4O3S. The average Bonchev–Trinajstić information content (AvgIpc) is 3.12. The average molecular weight is 446 g/mol. The largest absolute Gasteiger partial charge is 0.495 e. The van der Waals surface area contributed by atoms with Crippen molar-refractivity contribution in [2.24, 2.45) is 0 Å². The smallest absolute Gasteiger partial charge is 0.186 e. The fourth-order valence-electron chi connectivity index (χ4n) is 3.21. The minimum atomic E-state index is -3.73. The summed E-state index contributed by atoms with van der Waals surface area (Å²) in [5.41, 5.74) is 0.918. The fraction of sp³-hybridized carbons (Fsp3) is 0.238. The van der Waals surface area contributed by atoms with E-state index < -0.39 is 26.2 Å². The molecule has 0 bridgehead atoms.